The molecule has 0 aliphatic carbocycles. The first-order valence-corrected chi connectivity index (χ1v) is 13.8. The third-order valence-electron chi connectivity index (χ3n) is 7.57. The molecule has 220 valence electrons. The van der Waals surface area contributed by atoms with E-state index < -0.39 is 23.1 Å². The summed E-state index contributed by atoms with van der Waals surface area (Å²) in [7, 11) is 0. The van der Waals surface area contributed by atoms with Gasteiger partial charge in [0, 0.05) is 55.6 Å². The van der Waals surface area contributed by atoms with E-state index >= 15 is 4.39 Å². The number of aromatic nitrogens is 3. The second-order valence-corrected chi connectivity index (χ2v) is 10.9. The summed E-state index contributed by atoms with van der Waals surface area (Å²) in [6.45, 7) is 5.96. The second-order valence-electron chi connectivity index (χ2n) is 10.9. The molecule has 42 heavy (non-hydrogen) atoms. The number of amides is 1. The van der Waals surface area contributed by atoms with Crippen molar-refractivity contribution in [2.75, 3.05) is 42.9 Å². The Hall–Kier alpha value is -4.22. The lowest BCUT2D eigenvalue weighted by atomic mass is 9.92. The fourth-order valence-electron chi connectivity index (χ4n) is 5.25. The quantitative estimate of drug-likeness (QED) is 0.297. The zero-order chi connectivity index (χ0) is 29.9. The summed E-state index contributed by atoms with van der Waals surface area (Å²) in [4.78, 5) is 20.4. The average molecular weight is 579 g/mol. The number of anilines is 2. The van der Waals surface area contributed by atoms with Gasteiger partial charge in [-0.3, -0.25) is 9.69 Å². The van der Waals surface area contributed by atoms with Crippen molar-refractivity contribution in [2.45, 2.75) is 31.9 Å². The summed E-state index contributed by atoms with van der Waals surface area (Å²) in [5.74, 6) is -2.01. The van der Waals surface area contributed by atoms with Gasteiger partial charge in [0.2, 0.25) is 0 Å². The number of aliphatic hydroxyl groups is 1. The molecule has 8 nitrogen and oxygen atoms in total. The topological polar surface area (TPSA) is 86.5 Å². The maximum absolute atomic E-state index is 15.2. The molecule has 0 bridgehead atoms. The van der Waals surface area contributed by atoms with Crippen molar-refractivity contribution in [3.05, 3.63) is 107 Å². The summed E-state index contributed by atoms with van der Waals surface area (Å²) in [6.07, 6.45) is 2.73. The summed E-state index contributed by atoms with van der Waals surface area (Å²) >= 11 is 0. The molecule has 1 fully saturated rings. The molecule has 1 saturated heterocycles. The van der Waals surface area contributed by atoms with E-state index in [2.05, 4.69) is 29.2 Å². The SMILES string of the molecule is CC(C)c1ccc(C(=O)Nc2ccc(N3CCN(CC(O)(Cn4cncn4)c4ccc(F)cc4F)CC3)c(F)c2)cc1. The van der Waals surface area contributed by atoms with Crippen molar-refractivity contribution in [1.29, 1.82) is 0 Å². The van der Waals surface area contributed by atoms with Crippen LogP contribution in [0.2, 0.25) is 0 Å². The van der Waals surface area contributed by atoms with Crippen LogP contribution >= 0.6 is 0 Å². The van der Waals surface area contributed by atoms with Crippen molar-refractivity contribution in [2.24, 2.45) is 0 Å². The van der Waals surface area contributed by atoms with Crippen LogP contribution in [0.25, 0.3) is 0 Å². The number of hydrogen-bond acceptors (Lipinski definition) is 6. The van der Waals surface area contributed by atoms with E-state index in [4.69, 9.17) is 0 Å². The van der Waals surface area contributed by atoms with Crippen molar-refractivity contribution in [3.8, 4) is 0 Å². The van der Waals surface area contributed by atoms with E-state index in [9.17, 15) is 18.7 Å². The Balaban J connectivity index is 1.23. The Morgan fingerprint density at radius 1 is 0.952 bits per heavy atom. The third kappa shape index (κ3) is 6.63. The third-order valence-corrected chi connectivity index (χ3v) is 7.57. The van der Waals surface area contributed by atoms with Gasteiger partial charge < -0.3 is 15.3 Å². The first kappa shape index (κ1) is 29.3. The minimum atomic E-state index is -1.71. The first-order chi connectivity index (χ1) is 20.1. The van der Waals surface area contributed by atoms with Crippen molar-refractivity contribution in [3.63, 3.8) is 0 Å². The van der Waals surface area contributed by atoms with Gasteiger partial charge in [0.25, 0.3) is 5.91 Å². The Bertz CT molecular complexity index is 1520. The number of carbonyl (C=O) groups excluding carboxylic acids is 1. The predicted octanol–water partition coefficient (Wildman–Crippen LogP) is 4.78. The lowest BCUT2D eigenvalue weighted by molar-refractivity contribution is -0.0227. The zero-order valence-corrected chi connectivity index (χ0v) is 23.5. The summed E-state index contributed by atoms with van der Waals surface area (Å²) in [5.41, 5.74) is 0.618. The highest BCUT2D eigenvalue weighted by Gasteiger charge is 2.36. The van der Waals surface area contributed by atoms with Gasteiger partial charge in [-0.2, -0.15) is 5.10 Å². The largest absolute Gasteiger partial charge is 0.382 e. The van der Waals surface area contributed by atoms with Gasteiger partial charge in [-0.1, -0.05) is 32.0 Å². The molecule has 2 N–H and O–H groups in total. The van der Waals surface area contributed by atoms with Gasteiger partial charge in [-0.25, -0.2) is 22.8 Å². The van der Waals surface area contributed by atoms with Gasteiger partial charge >= 0.3 is 0 Å². The van der Waals surface area contributed by atoms with E-state index in [-0.39, 0.29) is 24.6 Å². The number of rotatable bonds is 9. The summed E-state index contributed by atoms with van der Waals surface area (Å²) in [6, 6.07) is 15.0. The molecule has 1 aromatic heterocycles. The van der Waals surface area contributed by atoms with E-state index in [1.807, 2.05) is 21.9 Å². The Morgan fingerprint density at radius 2 is 1.69 bits per heavy atom. The van der Waals surface area contributed by atoms with Gasteiger partial charge in [0.1, 0.15) is 35.7 Å². The molecule has 2 heterocycles. The molecule has 0 saturated carbocycles. The monoisotopic (exact) mass is 578 g/mol. The smallest absolute Gasteiger partial charge is 0.255 e. The first-order valence-electron chi connectivity index (χ1n) is 13.8. The molecule has 4 aromatic rings. The van der Waals surface area contributed by atoms with Crippen molar-refractivity contribution < 1.29 is 23.1 Å². The number of hydrogen-bond donors (Lipinski definition) is 2. The van der Waals surface area contributed by atoms with Crippen LogP contribution in [0.3, 0.4) is 0 Å². The van der Waals surface area contributed by atoms with Gasteiger partial charge in [0.15, 0.2) is 0 Å². The summed E-state index contributed by atoms with van der Waals surface area (Å²) < 4.78 is 44.9. The minimum absolute atomic E-state index is 0.0404. The Kier molecular flexibility index (Phi) is 8.60. The maximum Gasteiger partial charge on any atom is 0.255 e. The highest BCUT2D eigenvalue weighted by molar-refractivity contribution is 6.04. The van der Waals surface area contributed by atoms with Crippen LogP contribution in [-0.2, 0) is 12.1 Å². The Labute approximate surface area is 242 Å². The fraction of sp³-hybridized carbons (Fsp3) is 0.323. The highest BCUT2D eigenvalue weighted by atomic mass is 19.1. The van der Waals surface area contributed by atoms with Crippen LogP contribution in [0.4, 0.5) is 24.5 Å². The normalized spacial score (nSPS) is 15.5. The van der Waals surface area contributed by atoms with Crippen LogP contribution in [0.15, 0.2) is 73.3 Å². The minimum Gasteiger partial charge on any atom is -0.382 e. The molecule has 1 unspecified atom stereocenters. The molecular weight excluding hydrogens is 545 g/mol. The number of nitrogens with one attached hydrogen (secondary N) is 1. The molecule has 1 atom stereocenters. The van der Waals surface area contributed by atoms with Crippen LogP contribution < -0.4 is 10.2 Å². The molecule has 0 spiro atoms. The molecule has 0 radical (unpaired) electrons. The molecule has 5 rings (SSSR count). The van der Waals surface area contributed by atoms with Gasteiger partial charge in [0.05, 0.1) is 12.2 Å². The van der Waals surface area contributed by atoms with Crippen molar-refractivity contribution >= 4 is 17.3 Å². The summed E-state index contributed by atoms with van der Waals surface area (Å²) in [5, 5.41) is 18.4. The number of halogens is 3. The molecule has 11 heteroatoms. The molecule has 1 amide bonds. The number of piperazine rings is 1. The molecule has 1 aliphatic rings. The number of β-amino-alcohol motifs (C(OH)–C–C–N with tert-alkyl or cyclic N) is 1. The number of benzene rings is 3. The standard InChI is InChI=1S/C31H33F3N6O2/c1-21(2)22-3-5-23(6-4-22)30(41)37-25-8-10-29(28(34)16-25)39-13-11-38(12-14-39)17-31(42,18-40-20-35-19-36-40)26-9-7-24(32)15-27(26)33/h3-10,15-16,19-21,42H,11-14,17-18H2,1-2H3,(H,37,41). The average Bonchev–Trinajstić information content (AvgIpc) is 3.46. The predicted molar refractivity (Wildman–Crippen MR) is 154 cm³/mol. The van der Waals surface area contributed by atoms with Crippen LogP contribution in [0.5, 0.6) is 0 Å². The van der Waals surface area contributed by atoms with Gasteiger partial charge in [-0.15, -0.1) is 0 Å². The fourth-order valence-corrected chi connectivity index (χ4v) is 5.25. The Morgan fingerprint density at radius 3 is 2.31 bits per heavy atom. The lowest BCUT2D eigenvalue weighted by Gasteiger charge is -2.40. The number of nitrogens with zero attached hydrogens (tertiary/aromatic N) is 5. The molecular formula is C31H33F3N6O2. The van der Waals surface area contributed by atoms with E-state index in [1.165, 1.54) is 29.5 Å². The van der Waals surface area contributed by atoms with Crippen LogP contribution in [0.1, 0.15) is 41.3 Å². The van der Waals surface area contributed by atoms with Gasteiger partial charge in [-0.05, 0) is 47.9 Å². The lowest BCUT2D eigenvalue weighted by Crippen LogP contribution is -2.52. The van der Waals surface area contributed by atoms with E-state index in [0.717, 1.165) is 17.7 Å². The zero-order valence-electron chi connectivity index (χ0n) is 23.5. The number of carbonyl (C=O) groups is 1. The highest BCUT2D eigenvalue weighted by Crippen LogP contribution is 2.30. The molecule has 1 aliphatic heterocycles. The van der Waals surface area contributed by atoms with E-state index in [0.29, 0.717) is 49.0 Å². The molecule has 3 aromatic carbocycles. The second kappa shape index (κ2) is 12.3. The van der Waals surface area contributed by atoms with Crippen LogP contribution in [0, 0.1) is 17.5 Å². The van der Waals surface area contributed by atoms with Crippen molar-refractivity contribution in [1.82, 2.24) is 19.7 Å². The maximum atomic E-state index is 15.2. The van der Waals surface area contributed by atoms with E-state index in [1.54, 1.807) is 24.3 Å². The van der Waals surface area contributed by atoms with Crippen LogP contribution in [-0.4, -0.2) is 63.4 Å².